The van der Waals surface area contributed by atoms with Gasteiger partial charge < -0.3 is 4.42 Å². The second-order valence-corrected chi connectivity index (χ2v) is 7.69. The molecule has 4 aromatic rings. The van der Waals surface area contributed by atoms with Crippen LogP contribution in [0.4, 0.5) is 0 Å². The van der Waals surface area contributed by atoms with Crippen molar-refractivity contribution in [1.29, 1.82) is 0 Å². The summed E-state index contributed by atoms with van der Waals surface area (Å²) < 4.78 is 7.50. The highest BCUT2D eigenvalue weighted by Crippen LogP contribution is 2.38. The van der Waals surface area contributed by atoms with E-state index in [1.807, 2.05) is 53.3 Å². The second kappa shape index (κ2) is 7.72. The Morgan fingerprint density at radius 3 is 2.48 bits per heavy atom. The van der Waals surface area contributed by atoms with E-state index in [2.05, 4.69) is 36.3 Å². The number of aryl methyl sites for hydroxylation is 1. The number of nitrogens with zero attached hydrogens (tertiary/aromatic N) is 4. The van der Waals surface area contributed by atoms with Crippen LogP contribution in [0.5, 0.6) is 0 Å². The van der Waals surface area contributed by atoms with Gasteiger partial charge in [-0.15, -0.1) is 0 Å². The fraction of sp³-hybridized carbons (Fsp3) is 0.160. The Hall–Kier alpha value is -3.93. The Balaban J connectivity index is 1.59. The zero-order chi connectivity index (χ0) is 21.4. The van der Waals surface area contributed by atoms with Crippen molar-refractivity contribution in [2.24, 2.45) is 5.10 Å². The first-order valence-electron chi connectivity index (χ1n) is 10.2. The molecule has 0 bridgehead atoms. The van der Waals surface area contributed by atoms with Gasteiger partial charge in [-0.25, -0.2) is 9.69 Å². The van der Waals surface area contributed by atoms with Gasteiger partial charge in [0.05, 0.1) is 23.7 Å². The Bertz CT molecular complexity index is 1240. The molecule has 6 nitrogen and oxygen atoms in total. The Labute approximate surface area is 180 Å². The molecule has 1 amide bonds. The lowest BCUT2D eigenvalue weighted by Gasteiger charge is -2.19. The van der Waals surface area contributed by atoms with E-state index in [1.54, 1.807) is 18.2 Å². The molecular weight excluding hydrogens is 388 g/mol. The highest BCUT2D eigenvalue weighted by atomic mass is 16.3. The molecule has 6 heteroatoms. The number of benzene rings is 2. The SMILES string of the molecule is CC(=O)N1N=C(c2ccc(C)cc2)C[C@@H]1c1cn(-c2ccccc2)nc1-c1ccco1. The van der Waals surface area contributed by atoms with Crippen LogP contribution in [-0.4, -0.2) is 26.4 Å². The van der Waals surface area contributed by atoms with Crippen LogP contribution in [0.2, 0.25) is 0 Å². The van der Waals surface area contributed by atoms with Crippen molar-refractivity contribution in [2.75, 3.05) is 0 Å². The predicted octanol–water partition coefficient (Wildman–Crippen LogP) is 5.14. The first-order valence-corrected chi connectivity index (χ1v) is 10.2. The number of hydrogen-bond donors (Lipinski definition) is 0. The van der Waals surface area contributed by atoms with E-state index in [4.69, 9.17) is 9.52 Å². The molecule has 0 spiro atoms. The van der Waals surface area contributed by atoms with Gasteiger partial charge in [0.25, 0.3) is 0 Å². The van der Waals surface area contributed by atoms with Crippen LogP contribution in [0.25, 0.3) is 17.1 Å². The van der Waals surface area contributed by atoms with Crippen molar-refractivity contribution in [1.82, 2.24) is 14.8 Å². The molecule has 31 heavy (non-hydrogen) atoms. The third kappa shape index (κ3) is 3.57. The molecule has 0 radical (unpaired) electrons. The molecule has 2 aromatic heterocycles. The number of furan rings is 1. The van der Waals surface area contributed by atoms with Gasteiger partial charge in [0.2, 0.25) is 5.91 Å². The monoisotopic (exact) mass is 410 g/mol. The summed E-state index contributed by atoms with van der Waals surface area (Å²) in [5, 5.41) is 11.1. The number of para-hydroxylation sites is 1. The average molecular weight is 410 g/mol. The van der Waals surface area contributed by atoms with Crippen molar-refractivity contribution in [2.45, 2.75) is 26.3 Å². The zero-order valence-electron chi connectivity index (χ0n) is 17.4. The van der Waals surface area contributed by atoms with Crippen molar-refractivity contribution in [3.63, 3.8) is 0 Å². The van der Waals surface area contributed by atoms with Crippen LogP contribution in [0.1, 0.15) is 36.1 Å². The van der Waals surface area contributed by atoms with Crippen LogP contribution < -0.4 is 0 Å². The molecular formula is C25H22N4O2. The molecule has 154 valence electrons. The van der Waals surface area contributed by atoms with E-state index in [-0.39, 0.29) is 11.9 Å². The van der Waals surface area contributed by atoms with Crippen LogP contribution in [0.3, 0.4) is 0 Å². The number of aromatic nitrogens is 2. The van der Waals surface area contributed by atoms with Gasteiger partial charge in [0.15, 0.2) is 5.76 Å². The molecule has 1 aliphatic rings. The summed E-state index contributed by atoms with van der Waals surface area (Å²) in [6.07, 6.45) is 4.21. The van der Waals surface area contributed by atoms with Crippen LogP contribution >= 0.6 is 0 Å². The van der Waals surface area contributed by atoms with E-state index < -0.39 is 0 Å². The van der Waals surface area contributed by atoms with Gasteiger partial charge in [-0.05, 0) is 36.8 Å². The minimum absolute atomic E-state index is 0.107. The number of carbonyl (C=O) groups excluding carboxylic acids is 1. The van der Waals surface area contributed by atoms with Gasteiger partial charge in [0.1, 0.15) is 5.69 Å². The molecule has 1 aliphatic heterocycles. The molecule has 1 atom stereocenters. The molecule has 0 unspecified atom stereocenters. The predicted molar refractivity (Wildman–Crippen MR) is 119 cm³/mol. The highest BCUT2D eigenvalue weighted by molar-refractivity contribution is 6.03. The lowest BCUT2D eigenvalue weighted by Crippen LogP contribution is -2.24. The summed E-state index contributed by atoms with van der Waals surface area (Å²) in [5.41, 5.74) is 5.65. The van der Waals surface area contributed by atoms with Crippen LogP contribution in [0, 0.1) is 6.92 Å². The Morgan fingerprint density at radius 2 is 1.81 bits per heavy atom. The fourth-order valence-electron chi connectivity index (χ4n) is 3.91. The van der Waals surface area contributed by atoms with Gasteiger partial charge in [-0.1, -0.05) is 48.0 Å². The highest BCUT2D eigenvalue weighted by Gasteiger charge is 2.35. The van der Waals surface area contributed by atoms with E-state index in [0.29, 0.717) is 17.9 Å². The fourth-order valence-corrected chi connectivity index (χ4v) is 3.91. The third-order valence-corrected chi connectivity index (χ3v) is 5.49. The largest absolute Gasteiger partial charge is 0.463 e. The molecule has 0 saturated carbocycles. The second-order valence-electron chi connectivity index (χ2n) is 7.69. The topological polar surface area (TPSA) is 63.6 Å². The van der Waals surface area contributed by atoms with E-state index in [0.717, 1.165) is 22.5 Å². The number of hydrazone groups is 1. The summed E-state index contributed by atoms with van der Waals surface area (Å²) in [4.78, 5) is 12.5. The summed E-state index contributed by atoms with van der Waals surface area (Å²) in [5.74, 6) is 0.557. The number of amides is 1. The first-order chi connectivity index (χ1) is 15.1. The molecule has 2 aromatic carbocycles. The molecule has 0 saturated heterocycles. The molecule has 5 rings (SSSR count). The normalized spacial score (nSPS) is 15.9. The van der Waals surface area contributed by atoms with Gasteiger partial charge in [-0.3, -0.25) is 4.79 Å². The minimum atomic E-state index is -0.258. The van der Waals surface area contributed by atoms with E-state index in [1.165, 1.54) is 5.56 Å². The lowest BCUT2D eigenvalue weighted by atomic mass is 9.97. The quantitative estimate of drug-likeness (QED) is 0.468. The minimum Gasteiger partial charge on any atom is -0.463 e. The number of rotatable bonds is 4. The van der Waals surface area contributed by atoms with Gasteiger partial charge in [-0.2, -0.15) is 10.2 Å². The summed E-state index contributed by atoms with van der Waals surface area (Å²) >= 11 is 0. The lowest BCUT2D eigenvalue weighted by molar-refractivity contribution is -0.130. The molecule has 0 aliphatic carbocycles. The summed E-state index contributed by atoms with van der Waals surface area (Å²) in [6.45, 7) is 3.60. The third-order valence-electron chi connectivity index (χ3n) is 5.49. The average Bonchev–Trinajstić information content (AvgIpc) is 3.53. The maximum absolute atomic E-state index is 12.5. The number of carbonyl (C=O) groups is 1. The Kier molecular flexibility index (Phi) is 4.75. The molecule has 0 N–H and O–H groups in total. The Morgan fingerprint density at radius 1 is 1.03 bits per heavy atom. The van der Waals surface area contributed by atoms with E-state index >= 15 is 0 Å². The number of hydrogen-bond acceptors (Lipinski definition) is 4. The summed E-state index contributed by atoms with van der Waals surface area (Å²) in [7, 11) is 0. The maximum atomic E-state index is 12.5. The first kappa shape index (κ1) is 19.1. The maximum Gasteiger partial charge on any atom is 0.240 e. The van der Waals surface area contributed by atoms with Crippen molar-refractivity contribution in [3.8, 4) is 17.1 Å². The van der Waals surface area contributed by atoms with Crippen molar-refractivity contribution >= 4 is 11.6 Å². The molecule has 3 heterocycles. The summed E-state index contributed by atoms with van der Waals surface area (Å²) in [6, 6.07) is 21.6. The van der Waals surface area contributed by atoms with Gasteiger partial charge in [0, 0.05) is 25.1 Å². The molecule has 0 fully saturated rings. The smallest absolute Gasteiger partial charge is 0.240 e. The van der Waals surface area contributed by atoms with Crippen molar-refractivity contribution in [3.05, 3.63) is 95.9 Å². The van der Waals surface area contributed by atoms with Gasteiger partial charge >= 0.3 is 0 Å². The van der Waals surface area contributed by atoms with Crippen LogP contribution in [-0.2, 0) is 4.79 Å². The van der Waals surface area contributed by atoms with Crippen LogP contribution in [0.15, 0.2) is 88.7 Å². The van der Waals surface area contributed by atoms with Crippen molar-refractivity contribution < 1.29 is 9.21 Å². The van der Waals surface area contributed by atoms with E-state index in [9.17, 15) is 4.79 Å². The standard InChI is InChI=1S/C25H22N4O2/c1-17-10-12-19(13-11-17)22-15-23(29(26-22)18(2)30)21-16-28(20-7-4-3-5-8-20)27-25(21)24-9-6-14-31-24/h3-14,16,23H,15H2,1-2H3/t23-/m1/s1. The zero-order valence-corrected chi connectivity index (χ0v) is 17.4.